The van der Waals surface area contributed by atoms with E-state index in [-0.39, 0.29) is 5.91 Å². The van der Waals surface area contributed by atoms with E-state index in [2.05, 4.69) is 10.3 Å². The molecule has 0 aliphatic carbocycles. The number of carbonyl (C=O) groups excluding carboxylic acids is 1. The molecule has 2 aromatic carbocycles. The zero-order valence-electron chi connectivity index (χ0n) is 15.7. The van der Waals surface area contributed by atoms with Crippen molar-refractivity contribution in [3.05, 3.63) is 88.0 Å². The molecule has 140 valence electrons. The van der Waals surface area contributed by atoms with Crippen LogP contribution in [-0.2, 0) is 6.54 Å². The monoisotopic (exact) mass is 388 g/mol. The first-order valence-corrected chi connectivity index (χ1v) is 9.89. The summed E-state index contributed by atoms with van der Waals surface area (Å²) in [7, 11) is 0. The van der Waals surface area contributed by atoms with Crippen LogP contribution in [0.15, 0.2) is 66.2 Å². The first-order valence-electron chi connectivity index (χ1n) is 9.01. The summed E-state index contributed by atoms with van der Waals surface area (Å²) in [5.41, 5.74) is 5.02. The Labute approximate surface area is 167 Å². The molecule has 0 unspecified atom stereocenters. The molecule has 0 saturated carbocycles. The Morgan fingerprint density at radius 3 is 2.64 bits per heavy atom. The lowest BCUT2D eigenvalue weighted by Crippen LogP contribution is -2.23. The number of hydrogen-bond acceptors (Lipinski definition) is 4. The van der Waals surface area contributed by atoms with Gasteiger partial charge in [-0.15, -0.1) is 11.3 Å². The highest BCUT2D eigenvalue weighted by Gasteiger charge is 2.19. The Morgan fingerprint density at radius 2 is 1.93 bits per heavy atom. The molecule has 2 aromatic heterocycles. The molecule has 0 radical (unpaired) electrons. The third-order valence-electron chi connectivity index (χ3n) is 4.37. The van der Waals surface area contributed by atoms with Crippen molar-refractivity contribution in [1.82, 2.24) is 20.1 Å². The summed E-state index contributed by atoms with van der Waals surface area (Å²) in [5, 5.41) is 10.6. The van der Waals surface area contributed by atoms with Gasteiger partial charge in [-0.2, -0.15) is 5.10 Å². The Balaban J connectivity index is 1.69. The van der Waals surface area contributed by atoms with Gasteiger partial charge < -0.3 is 5.32 Å². The fraction of sp³-hybridized carbons (Fsp3) is 0.136. The fourth-order valence-corrected chi connectivity index (χ4v) is 3.63. The van der Waals surface area contributed by atoms with Crippen molar-refractivity contribution < 1.29 is 4.79 Å². The first kappa shape index (κ1) is 18.1. The molecule has 4 rings (SSSR count). The van der Waals surface area contributed by atoms with Crippen molar-refractivity contribution >= 4 is 17.2 Å². The summed E-state index contributed by atoms with van der Waals surface area (Å²) < 4.78 is 1.75. The summed E-state index contributed by atoms with van der Waals surface area (Å²) in [5.74, 6) is -0.163. The van der Waals surface area contributed by atoms with E-state index in [9.17, 15) is 4.79 Å². The zero-order chi connectivity index (χ0) is 19.5. The maximum Gasteiger partial charge on any atom is 0.255 e. The highest BCUT2D eigenvalue weighted by atomic mass is 32.1. The SMILES string of the molecule is Cc1cccc(-c2nn(-c3ccccc3)cc2C(=O)NCc2csc(C)n2)c1. The summed E-state index contributed by atoms with van der Waals surface area (Å²) >= 11 is 1.58. The maximum atomic E-state index is 13.0. The molecule has 0 aliphatic heterocycles. The number of rotatable bonds is 5. The van der Waals surface area contributed by atoms with E-state index in [1.165, 1.54) is 0 Å². The zero-order valence-corrected chi connectivity index (χ0v) is 16.5. The molecule has 1 N–H and O–H groups in total. The summed E-state index contributed by atoms with van der Waals surface area (Å²) in [4.78, 5) is 17.4. The number of amides is 1. The number of aryl methyl sites for hydroxylation is 2. The van der Waals surface area contributed by atoms with E-state index >= 15 is 0 Å². The van der Waals surface area contributed by atoms with Crippen LogP contribution in [0.4, 0.5) is 0 Å². The summed E-state index contributed by atoms with van der Waals surface area (Å²) in [6, 6.07) is 17.8. The van der Waals surface area contributed by atoms with Crippen molar-refractivity contribution in [3.63, 3.8) is 0 Å². The van der Waals surface area contributed by atoms with Crippen molar-refractivity contribution in [2.24, 2.45) is 0 Å². The largest absolute Gasteiger partial charge is 0.346 e. The quantitative estimate of drug-likeness (QED) is 0.546. The lowest BCUT2D eigenvalue weighted by Gasteiger charge is -2.04. The molecule has 0 spiro atoms. The molecular weight excluding hydrogens is 368 g/mol. The van der Waals surface area contributed by atoms with Crippen molar-refractivity contribution in [3.8, 4) is 16.9 Å². The van der Waals surface area contributed by atoms with Crippen LogP contribution < -0.4 is 5.32 Å². The van der Waals surface area contributed by atoms with E-state index < -0.39 is 0 Å². The number of thiazole rings is 1. The number of nitrogens with one attached hydrogen (secondary N) is 1. The van der Waals surface area contributed by atoms with Crippen molar-refractivity contribution in [2.45, 2.75) is 20.4 Å². The molecule has 0 fully saturated rings. The molecule has 0 atom stereocenters. The molecule has 0 bridgehead atoms. The van der Waals surface area contributed by atoms with Gasteiger partial charge in [-0.3, -0.25) is 4.79 Å². The average Bonchev–Trinajstić information content (AvgIpc) is 3.33. The van der Waals surface area contributed by atoms with Gasteiger partial charge >= 0.3 is 0 Å². The van der Waals surface area contributed by atoms with E-state index in [0.717, 1.165) is 27.5 Å². The average molecular weight is 388 g/mol. The van der Waals surface area contributed by atoms with Gasteiger partial charge in [0.2, 0.25) is 0 Å². The number of hydrogen-bond donors (Lipinski definition) is 1. The molecule has 0 aliphatic rings. The van der Waals surface area contributed by atoms with Gasteiger partial charge in [-0.1, -0.05) is 42.0 Å². The van der Waals surface area contributed by atoms with E-state index in [0.29, 0.717) is 17.8 Å². The van der Waals surface area contributed by atoms with Gasteiger partial charge in [0.1, 0.15) is 5.69 Å². The number of para-hydroxylation sites is 1. The van der Waals surface area contributed by atoms with Gasteiger partial charge in [-0.25, -0.2) is 9.67 Å². The minimum atomic E-state index is -0.163. The van der Waals surface area contributed by atoms with Crippen LogP contribution >= 0.6 is 11.3 Å². The Bertz CT molecular complexity index is 1110. The van der Waals surface area contributed by atoms with E-state index in [1.807, 2.05) is 73.8 Å². The minimum Gasteiger partial charge on any atom is -0.346 e. The van der Waals surface area contributed by atoms with Crippen LogP contribution in [0.25, 0.3) is 16.9 Å². The topological polar surface area (TPSA) is 59.8 Å². The van der Waals surface area contributed by atoms with Gasteiger partial charge in [0, 0.05) is 17.1 Å². The standard InChI is InChI=1S/C22H20N4OS/c1-15-7-6-8-17(11-15)21-20(13-26(25-21)19-9-4-3-5-10-19)22(27)23-12-18-14-28-16(2)24-18/h3-11,13-14H,12H2,1-2H3,(H,23,27). The molecule has 28 heavy (non-hydrogen) atoms. The fourth-order valence-electron chi connectivity index (χ4n) is 3.01. The van der Waals surface area contributed by atoms with Crippen LogP contribution in [-0.4, -0.2) is 20.7 Å². The van der Waals surface area contributed by atoms with E-state index in [1.54, 1.807) is 22.2 Å². The predicted molar refractivity (Wildman–Crippen MR) is 112 cm³/mol. The third-order valence-corrected chi connectivity index (χ3v) is 5.19. The van der Waals surface area contributed by atoms with Crippen molar-refractivity contribution in [2.75, 3.05) is 0 Å². The summed E-state index contributed by atoms with van der Waals surface area (Å²) in [6.07, 6.45) is 1.79. The predicted octanol–water partition coefficient (Wildman–Crippen LogP) is 4.54. The Kier molecular flexibility index (Phi) is 5.04. The van der Waals surface area contributed by atoms with Crippen LogP contribution in [0.2, 0.25) is 0 Å². The van der Waals surface area contributed by atoms with Crippen LogP contribution in [0.5, 0.6) is 0 Å². The molecule has 1 amide bonds. The van der Waals surface area contributed by atoms with E-state index in [4.69, 9.17) is 5.10 Å². The van der Waals surface area contributed by atoms with Gasteiger partial charge in [0.25, 0.3) is 5.91 Å². The number of nitrogens with zero attached hydrogens (tertiary/aromatic N) is 3. The second-order valence-electron chi connectivity index (χ2n) is 6.58. The maximum absolute atomic E-state index is 13.0. The molecule has 2 heterocycles. The molecule has 6 heteroatoms. The normalized spacial score (nSPS) is 10.8. The number of aromatic nitrogens is 3. The summed E-state index contributed by atoms with van der Waals surface area (Å²) in [6.45, 7) is 4.38. The molecule has 5 nitrogen and oxygen atoms in total. The van der Waals surface area contributed by atoms with Crippen LogP contribution in [0.3, 0.4) is 0 Å². The lowest BCUT2D eigenvalue weighted by atomic mass is 10.1. The van der Waals surface area contributed by atoms with Gasteiger partial charge in [-0.05, 0) is 32.0 Å². The van der Waals surface area contributed by atoms with Crippen molar-refractivity contribution in [1.29, 1.82) is 0 Å². The van der Waals surface area contributed by atoms with Gasteiger partial charge in [0.05, 0.1) is 28.5 Å². The molecule has 4 aromatic rings. The van der Waals surface area contributed by atoms with Crippen LogP contribution in [0, 0.1) is 13.8 Å². The van der Waals surface area contributed by atoms with Crippen LogP contribution in [0.1, 0.15) is 26.6 Å². The minimum absolute atomic E-state index is 0.163. The lowest BCUT2D eigenvalue weighted by molar-refractivity contribution is 0.0951. The first-order chi connectivity index (χ1) is 13.6. The molecule has 0 saturated heterocycles. The highest BCUT2D eigenvalue weighted by molar-refractivity contribution is 7.09. The molecular formula is C22H20N4OS. The smallest absolute Gasteiger partial charge is 0.255 e. The number of benzene rings is 2. The highest BCUT2D eigenvalue weighted by Crippen LogP contribution is 2.25. The van der Waals surface area contributed by atoms with Gasteiger partial charge in [0.15, 0.2) is 0 Å². The second-order valence-corrected chi connectivity index (χ2v) is 7.64. The number of carbonyl (C=O) groups is 1. The Morgan fingerprint density at radius 1 is 1.11 bits per heavy atom. The second kappa shape index (κ2) is 7.78. The Hall–Kier alpha value is -3.25. The third kappa shape index (κ3) is 3.87.